The van der Waals surface area contributed by atoms with Gasteiger partial charge in [-0.25, -0.2) is 9.18 Å². The molecule has 190 valence electrons. The molecule has 1 aliphatic heterocycles. The minimum atomic E-state index is -0.368. The number of esters is 1. The van der Waals surface area contributed by atoms with Crippen LogP contribution in [-0.2, 0) is 14.3 Å². The summed E-state index contributed by atoms with van der Waals surface area (Å²) in [5.74, 6) is 0.629. The number of rotatable bonds is 5. The molecule has 0 radical (unpaired) electrons. The number of fused-ring (bicyclic) bond motifs is 2. The summed E-state index contributed by atoms with van der Waals surface area (Å²) in [5, 5.41) is 3.00. The van der Waals surface area contributed by atoms with Gasteiger partial charge in [-0.2, -0.15) is 0 Å². The molecule has 5 rings (SSSR count). The minimum Gasteiger partial charge on any atom is -0.462 e. The third-order valence-corrected chi connectivity index (χ3v) is 8.18. The molecule has 7 heteroatoms. The molecule has 36 heavy (non-hydrogen) atoms. The lowest BCUT2D eigenvalue weighted by molar-refractivity contribution is -0.144. The number of hydrogen-bond donors (Lipinski definition) is 1. The maximum absolute atomic E-state index is 13.6. The largest absolute Gasteiger partial charge is 0.462 e. The van der Waals surface area contributed by atoms with Gasteiger partial charge < -0.3 is 14.8 Å². The Balaban J connectivity index is 1.34. The zero-order chi connectivity index (χ0) is 25.2. The van der Waals surface area contributed by atoms with E-state index in [1.54, 1.807) is 19.2 Å². The lowest BCUT2D eigenvalue weighted by Crippen LogP contribution is -2.48. The quantitative estimate of drug-likeness (QED) is 0.548. The van der Waals surface area contributed by atoms with E-state index in [0.717, 1.165) is 42.5 Å². The van der Waals surface area contributed by atoms with E-state index in [-0.39, 0.29) is 47.8 Å². The summed E-state index contributed by atoms with van der Waals surface area (Å²) in [6, 6.07) is 10.4. The number of aromatic nitrogens is 1. The number of allylic oxidation sites excluding steroid dienone is 1. The molecule has 1 aromatic heterocycles. The molecule has 0 unspecified atom stereocenters. The molecular formula is C29H33FN2O4. The number of carbonyl (C=O) groups excluding carboxylic acids is 2. The van der Waals surface area contributed by atoms with Crippen LogP contribution in [0.25, 0.3) is 17.2 Å². The van der Waals surface area contributed by atoms with Gasteiger partial charge in [0.1, 0.15) is 11.9 Å². The molecule has 0 bridgehead atoms. The average molecular weight is 493 g/mol. The van der Waals surface area contributed by atoms with E-state index < -0.39 is 0 Å². The Labute approximate surface area is 211 Å². The van der Waals surface area contributed by atoms with E-state index in [1.807, 2.05) is 31.2 Å². The number of halogens is 1. The van der Waals surface area contributed by atoms with Crippen LogP contribution in [0.5, 0.6) is 0 Å². The standard InChI is InChI=1S/C29H33FN2O4/c1-3-35-29(34)32-23-10-11-24-20(14-23)15-26-27(17(2)36-28(26)33)25(24)12-9-22-8-7-19(16-31-22)18-5-4-6-21(30)13-18/h4-9,12-13,16-17,20,23-27H,3,10-11,14-15H2,1-2H3,(H,32,34)/t17-,20+,23-,24+,25+,26+,27-/m1/s1. The van der Waals surface area contributed by atoms with Crippen LogP contribution < -0.4 is 5.32 Å². The van der Waals surface area contributed by atoms with Crippen molar-refractivity contribution in [2.45, 2.75) is 51.7 Å². The van der Waals surface area contributed by atoms with Gasteiger partial charge in [-0.1, -0.05) is 24.3 Å². The molecule has 2 saturated carbocycles. The molecule has 1 N–H and O–H groups in total. The Morgan fingerprint density at radius 2 is 2.08 bits per heavy atom. The fraction of sp³-hybridized carbons (Fsp3) is 0.483. The Hall–Kier alpha value is -3.22. The third-order valence-electron chi connectivity index (χ3n) is 8.18. The molecule has 3 fully saturated rings. The van der Waals surface area contributed by atoms with Crippen LogP contribution in [0.15, 0.2) is 48.7 Å². The molecule has 2 heterocycles. The smallest absolute Gasteiger partial charge is 0.407 e. The Bertz CT molecular complexity index is 1130. The summed E-state index contributed by atoms with van der Waals surface area (Å²) >= 11 is 0. The number of cyclic esters (lactones) is 1. The molecule has 1 aromatic carbocycles. The van der Waals surface area contributed by atoms with Gasteiger partial charge in [-0.05, 0) is 87.1 Å². The first-order chi connectivity index (χ1) is 17.4. The van der Waals surface area contributed by atoms with Gasteiger partial charge in [0.05, 0.1) is 18.2 Å². The van der Waals surface area contributed by atoms with Gasteiger partial charge in [-0.15, -0.1) is 0 Å². The van der Waals surface area contributed by atoms with E-state index in [9.17, 15) is 14.0 Å². The Kier molecular flexibility index (Phi) is 7.08. The zero-order valence-corrected chi connectivity index (χ0v) is 20.7. The van der Waals surface area contributed by atoms with Crippen molar-refractivity contribution in [2.75, 3.05) is 6.61 Å². The van der Waals surface area contributed by atoms with Crippen molar-refractivity contribution in [2.24, 2.45) is 29.6 Å². The highest BCUT2D eigenvalue weighted by Crippen LogP contribution is 2.53. The van der Waals surface area contributed by atoms with Gasteiger partial charge in [0.25, 0.3) is 0 Å². The molecule has 7 atom stereocenters. The highest BCUT2D eigenvalue weighted by atomic mass is 19.1. The first-order valence-electron chi connectivity index (χ1n) is 13.0. The molecule has 1 saturated heterocycles. The first kappa shape index (κ1) is 24.5. The number of nitrogens with one attached hydrogen (secondary N) is 1. The van der Waals surface area contributed by atoms with Crippen molar-refractivity contribution in [3.63, 3.8) is 0 Å². The number of amides is 1. The molecule has 1 amide bonds. The molecule has 0 spiro atoms. The van der Waals surface area contributed by atoms with Gasteiger partial charge in [0, 0.05) is 23.7 Å². The van der Waals surface area contributed by atoms with E-state index in [0.29, 0.717) is 18.4 Å². The fourth-order valence-corrected chi connectivity index (χ4v) is 6.64. The van der Waals surface area contributed by atoms with Crippen molar-refractivity contribution in [1.29, 1.82) is 0 Å². The second-order valence-electron chi connectivity index (χ2n) is 10.3. The molecular weight excluding hydrogens is 459 g/mol. The second kappa shape index (κ2) is 10.4. The van der Waals surface area contributed by atoms with Gasteiger partial charge >= 0.3 is 12.1 Å². The third kappa shape index (κ3) is 5.01. The van der Waals surface area contributed by atoms with Gasteiger partial charge in [0.15, 0.2) is 0 Å². The van der Waals surface area contributed by atoms with Crippen LogP contribution in [0, 0.1) is 35.4 Å². The maximum atomic E-state index is 13.6. The van der Waals surface area contributed by atoms with E-state index >= 15 is 0 Å². The number of nitrogens with zero attached hydrogens (tertiary/aromatic N) is 1. The van der Waals surface area contributed by atoms with Crippen molar-refractivity contribution in [3.8, 4) is 11.1 Å². The predicted molar refractivity (Wildman–Crippen MR) is 134 cm³/mol. The van der Waals surface area contributed by atoms with Crippen LogP contribution >= 0.6 is 0 Å². The SMILES string of the molecule is CCOC(=O)N[C@@H]1CC[C@H]2[C@@H](C1)C[C@@H]1C(=O)O[C@H](C)[C@@H]1[C@H]2C=Cc1ccc(-c2cccc(F)c2)cn1. The van der Waals surface area contributed by atoms with E-state index in [2.05, 4.69) is 16.4 Å². The van der Waals surface area contributed by atoms with E-state index in [4.69, 9.17) is 9.47 Å². The van der Waals surface area contributed by atoms with E-state index in [1.165, 1.54) is 12.1 Å². The van der Waals surface area contributed by atoms with Crippen molar-refractivity contribution < 1.29 is 23.5 Å². The number of hydrogen-bond acceptors (Lipinski definition) is 5. The lowest BCUT2D eigenvalue weighted by Gasteiger charge is -2.47. The maximum Gasteiger partial charge on any atom is 0.407 e. The topological polar surface area (TPSA) is 77.5 Å². The molecule has 3 aliphatic rings. The van der Waals surface area contributed by atoms with Gasteiger partial charge in [0.2, 0.25) is 0 Å². The summed E-state index contributed by atoms with van der Waals surface area (Å²) in [7, 11) is 0. The average Bonchev–Trinajstić information content (AvgIpc) is 3.15. The minimum absolute atomic E-state index is 0.0679. The number of ether oxygens (including phenoxy) is 2. The molecule has 2 aromatic rings. The van der Waals surface area contributed by atoms with Crippen LogP contribution in [0.3, 0.4) is 0 Å². The normalized spacial score (nSPS) is 31.4. The lowest BCUT2D eigenvalue weighted by atomic mass is 9.57. The van der Waals surface area contributed by atoms with Crippen molar-refractivity contribution >= 4 is 18.1 Å². The molecule has 6 nitrogen and oxygen atoms in total. The summed E-state index contributed by atoms with van der Waals surface area (Å²) < 4.78 is 24.3. The Morgan fingerprint density at radius 1 is 1.22 bits per heavy atom. The number of benzene rings is 1. The Morgan fingerprint density at radius 3 is 2.83 bits per heavy atom. The van der Waals surface area contributed by atoms with Crippen LogP contribution in [0.1, 0.15) is 45.2 Å². The highest BCUT2D eigenvalue weighted by Gasteiger charge is 2.54. The fourth-order valence-electron chi connectivity index (χ4n) is 6.64. The summed E-state index contributed by atoms with van der Waals surface area (Å²) in [4.78, 5) is 29.2. The number of pyridine rings is 1. The number of alkyl carbamates (subject to hydrolysis) is 1. The van der Waals surface area contributed by atoms with Crippen LogP contribution in [0.4, 0.5) is 9.18 Å². The number of carbonyl (C=O) groups is 2. The first-order valence-corrected chi connectivity index (χ1v) is 13.0. The summed E-state index contributed by atoms with van der Waals surface area (Å²) in [6.45, 7) is 4.15. The summed E-state index contributed by atoms with van der Waals surface area (Å²) in [5.41, 5.74) is 2.48. The zero-order valence-electron chi connectivity index (χ0n) is 20.7. The summed E-state index contributed by atoms with van der Waals surface area (Å²) in [6.07, 6.45) is 9.07. The predicted octanol–water partition coefficient (Wildman–Crippen LogP) is 5.63. The highest BCUT2D eigenvalue weighted by molar-refractivity contribution is 5.75. The van der Waals surface area contributed by atoms with Crippen LogP contribution in [-0.4, -0.2) is 35.8 Å². The van der Waals surface area contributed by atoms with Crippen molar-refractivity contribution in [3.05, 3.63) is 60.2 Å². The molecule has 2 aliphatic carbocycles. The van der Waals surface area contributed by atoms with Crippen LogP contribution in [0.2, 0.25) is 0 Å². The van der Waals surface area contributed by atoms with Gasteiger partial charge in [-0.3, -0.25) is 9.78 Å². The monoisotopic (exact) mass is 492 g/mol. The van der Waals surface area contributed by atoms with Crippen molar-refractivity contribution in [1.82, 2.24) is 10.3 Å². The second-order valence-corrected chi connectivity index (χ2v) is 10.3.